The van der Waals surface area contributed by atoms with E-state index in [-0.39, 0.29) is 12.5 Å². The molecule has 1 unspecified atom stereocenters. The van der Waals surface area contributed by atoms with E-state index in [0.29, 0.717) is 28.7 Å². The first kappa shape index (κ1) is 16.1. The zero-order valence-corrected chi connectivity index (χ0v) is 13.0. The lowest BCUT2D eigenvalue weighted by Crippen LogP contribution is -2.50. The van der Waals surface area contributed by atoms with Crippen molar-refractivity contribution < 1.29 is 14.7 Å². The van der Waals surface area contributed by atoms with Gasteiger partial charge in [0.15, 0.2) is 0 Å². The number of amides is 1. The van der Waals surface area contributed by atoms with Crippen LogP contribution in [0.2, 0.25) is 10.0 Å². The Hall–Kier alpha value is -1.30. The molecule has 0 saturated carbocycles. The molecule has 2 rings (SSSR count). The molecular weight excluding hydrogens is 315 g/mol. The molecule has 1 aromatic carbocycles. The van der Waals surface area contributed by atoms with Crippen LogP contribution in [-0.4, -0.2) is 40.5 Å². The van der Waals surface area contributed by atoms with Crippen molar-refractivity contribution >= 4 is 40.8 Å². The molecule has 5 nitrogen and oxygen atoms in total. The van der Waals surface area contributed by atoms with Crippen LogP contribution in [0.1, 0.15) is 19.8 Å². The average Bonchev–Trinajstić information content (AvgIpc) is 2.77. The average molecular weight is 331 g/mol. The van der Waals surface area contributed by atoms with Crippen LogP contribution in [0.3, 0.4) is 0 Å². The number of anilines is 1. The van der Waals surface area contributed by atoms with Crippen molar-refractivity contribution in [2.75, 3.05) is 18.4 Å². The van der Waals surface area contributed by atoms with E-state index in [4.69, 9.17) is 23.2 Å². The van der Waals surface area contributed by atoms with Crippen LogP contribution in [0.5, 0.6) is 0 Å². The van der Waals surface area contributed by atoms with Crippen molar-refractivity contribution in [1.29, 1.82) is 0 Å². The summed E-state index contributed by atoms with van der Waals surface area (Å²) in [4.78, 5) is 25.1. The molecule has 0 aliphatic carbocycles. The van der Waals surface area contributed by atoms with Gasteiger partial charge in [0, 0.05) is 0 Å². The van der Waals surface area contributed by atoms with Crippen LogP contribution < -0.4 is 5.32 Å². The fraction of sp³-hybridized carbons (Fsp3) is 0.429. The van der Waals surface area contributed by atoms with Crippen molar-refractivity contribution in [1.82, 2.24) is 4.90 Å². The fourth-order valence-electron chi connectivity index (χ4n) is 2.48. The van der Waals surface area contributed by atoms with Crippen LogP contribution in [0.4, 0.5) is 5.69 Å². The summed E-state index contributed by atoms with van der Waals surface area (Å²) in [5, 5.41) is 12.7. The van der Waals surface area contributed by atoms with Gasteiger partial charge in [0.2, 0.25) is 5.91 Å². The van der Waals surface area contributed by atoms with Gasteiger partial charge in [-0.15, -0.1) is 0 Å². The molecule has 114 valence electrons. The van der Waals surface area contributed by atoms with Crippen LogP contribution in [0.15, 0.2) is 18.2 Å². The second-order valence-electron chi connectivity index (χ2n) is 5.25. The van der Waals surface area contributed by atoms with Crippen molar-refractivity contribution in [2.24, 2.45) is 0 Å². The number of para-hydroxylation sites is 1. The zero-order valence-electron chi connectivity index (χ0n) is 11.5. The van der Waals surface area contributed by atoms with Gasteiger partial charge in [0.25, 0.3) is 0 Å². The van der Waals surface area contributed by atoms with E-state index in [1.807, 2.05) is 0 Å². The molecule has 1 heterocycles. The number of benzene rings is 1. The molecule has 1 aliphatic rings. The Kier molecular flexibility index (Phi) is 4.76. The highest BCUT2D eigenvalue weighted by Gasteiger charge is 2.43. The lowest BCUT2D eigenvalue weighted by molar-refractivity contribution is -0.149. The first-order valence-electron chi connectivity index (χ1n) is 6.57. The molecule has 1 amide bonds. The molecule has 1 aromatic rings. The lowest BCUT2D eigenvalue weighted by Gasteiger charge is -2.30. The quantitative estimate of drug-likeness (QED) is 0.890. The van der Waals surface area contributed by atoms with Gasteiger partial charge in [0.05, 0.1) is 22.3 Å². The van der Waals surface area contributed by atoms with Gasteiger partial charge in [-0.05, 0) is 38.4 Å². The number of hydrogen-bond acceptors (Lipinski definition) is 3. The SMILES string of the molecule is CC1(C(=O)O)CCCN1CC(=O)Nc1c(Cl)cccc1Cl. The van der Waals surface area contributed by atoms with Crippen LogP contribution >= 0.6 is 23.2 Å². The Bertz CT molecular complexity index is 559. The van der Waals surface area contributed by atoms with E-state index in [1.165, 1.54) is 0 Å². The molecule has 1 atom stereocenters. The number of nitrogens with one attached hydrogen (secondary N) is 1. The minimum absolute atomic E-state index is 0.00957. The van der Waals surface area contributed by atoms with Gasteiger partial charge in [-0.3, -0.25) is 14.5 Å². The van der Waals surface area contributed by atoms with Crippen molar-refractivity contribution in [3.63, 3.8) is 0 Å². The minimum Gasteiger partial charge on any atom is -0.480 e. The van der Waals surface area contributed by atoms with E-state index in [0.717, 1.165) is 6.42 Å². The summed E-state index contributed by atoms with van der Waals surface area (Å²) in [7, 11) is 0. The number of nitrogens with zero attached hydrogens (tertiary/aromatic N) is 1. The monoisotopic (exact) mass is 330 g/mol. The zero-order chi connectivity index (χ0) is 15.6. The third-order valence-corrected chi connectivity index (χ3v) is 4.44. The standard InChI is InChI=1S/C14H16Cl2N2O3/c1-14(13(20)21)6-3-7-18(14)8-11(19)17-12-9(15)4-2-5-10(12)16/h2,4-5H,3,6-8H2,1H3,(H,17,19)(H,20,21). The maximum absolute atomic E-state index is 12.1. The van der Waals surface area contributed by atoms with Gasteiger partial charge in [-0.2, -0.15) is 0 Å². The van der Waals surface area contributed by atoms with Crippen molar-refractivity contribution in [3.05, 3.63) is 28.2 Å². The Morgan fingerprint density at radius 1 is 1.38 bits per heavy atom. The predicted molar refractivity (Wildman–Crippen MR) is 81.9 cm³/mol. The van der Waals surface area contributed by atoms with E-state index in [9.17, 15) is 14.7 Å². The van der Waals surface area contributed by atoms with Gasteiger partial charge >= 0.3 is 5.97 Å². The van der Waals surface area contributed by atoms with Crippen molar-refractivity contribution in [2.45, 2.75) is 25.3 Å². The van der Waals surface area contributed by atoms with Gasteiger partial charge in [-0.25, -0.2) is 0 Å². The van der Waals surface area contributed by atoms with E-state index in [1.54, 1.807) is 30.0 Å². The number of halogens is 2. The highest BCUT2D eigenvalue weighted by atomic mass is 35.5. The van der Waals surface area contributed by atoms with Gasteiger partial charge in [-0.1, -0.05) is 29.3 Å². The topological polar surface area (TPSA) is 69.6 Å². The lowest BCUT2D eigenvalue weighted by atomic mass is 9.99. The van der Waals surface area contributed by atoms with Crippen LogP contribution in [0, 0.1) is 0 Å². The van der Waals surface area contributed by atoms with Gasteiger partial charge < -0.3 is 10.4 Å². The largest absolute Gasteiger partial charge is 0.480 e. The Balaban J connectivity index is 2.07. The third kappa shape index (κ3) is 3.31. The molecule has 1 saturated heterocycles. The molecular formula is C14H16Cl2N2O3. The summed E-state index contributed by atoms with van der Waals surface area (Å²) in [6, 6.07) is 4.93. The van der Waals surface area contributed by atoms with E-state index >= 15 is 0 Å². The highest BCUT2D eigenvalue weighted by molar-refractivity contribution is 6.39. The molecule has 0 spiro atoms. The molecule has 1 fully saturated rings. The summed E-state index contributed by atoms with van der Waals surface area (Å²) in [6.45, 7) is 2.20. The smallest absolute Gasteiger partial charge is 0.323 e. The first-order chi connectivity index (χ1) is 9.84. The number of carbonyl (C=O) groups is 2. The molecule has 1 aliphatic heterocycles. The maximum Gasteiger partial charge on any atom is 0.323 e. The maximum atomic E-state index is 12.1. The summed E-state index contributed by atoms with van der Waals surface area (Å²) in [5.41, 5.74) is -0.649. The number of carboxylic acids is 1. The molecule has 2 N–H and O–H groups in total. The number of aliphatic carboxylic acids is 1. The fourth-order valence-corrected chi connectivity index (χ4v) is 2.98. The predicted octanol–water partition coefficient (Wildman–Crippen LogP) is 2.87. The summed E-state index contributed by atoms with van der Waals surface area (Å²) < 4.78 is 0. The Morgan fingerprint density at radius 3 is 2.57 bits per heavy atom. The van der Waals surface area contributed by atoms with Crippen LogP contribution in [0.25, 0.3) is 0 Å². The molecule has 7 heteroatoms. The summed E-state index contributed by atoms with van der Waals surface area (Å²) >= 11 is 12.0. The third-order valence-electron chi connectivity index (χ3n) is 3.81. The highest BCUT2D eigenvalue weighted by Crippen LogP contribution is 2.31. The Labute approximate surface area is 132 Å². The number of carbonyl (C=O) groups excluding carboxylic acids is 1. The number of carboxylic acid groups (broad SMARTS) is 1. The first-order valence-corrected chi connectivity index (χ1v) is 7.32. The molecule has 21 heavy (non-hydrogen) atoms. The summed E-state index contributed by atoms with van der Waals surface area (Å²) in [5.74, 6) is -1.25. The van der Waals surface area contributed by atoms with Gasteiger partial charge in [0.1, 0.15) is 5.54 Å². The van der Waals surface area contributed by atoms with Crippen LogP contribution in [-0.2, 0) is 9.59 Å². The Morgan fingerprint density at radius 2 is 2.00 bits per heavy atom. The molecule has 0 bridgehead atoms. The minimum atomic E-state index is -0.998. The molecule has 0 radical (unpaired) electrons. The van der Waals surface area contributed by atoms with E-state index in [2.05, 4.69) is 5.32 Å². The summed E-state index contributed by atoms with van der Waals surface area (Å²) in [6.07, 6.45) is 1.28. The number of likely N-dealkylation sites (tertiary alicyclic amines) is 1. The van der Waals surface area contributed by atoms with E-state index < -0.39 is 11.5 Å². The number of hydrogen-bond donors (Lipinski definition) is 2. The normalized spacial score (nSPS) is 22.2. The second kappa shape index (κ2) is 6.22. The number of rotatable bonds is 4. The second-order valence-corrected chi connectivity index (χ2v) is 6.06. The molecule has 0 aromatic heterocycles. The van der Waals surface area contributed by atoms with Crippen molar-refractivity contribution in [3.8, 4) is 0 Å².